The summed E-state index contributed by atoms with van der Waals surface area (Å²) in [5.41, 5.74) is 1.08. The van der Waals surface area contributed by atoms with Crippen LogP contribution in [-0.2, 0) is 14.2 Å². The lowest BCUT2D eigenvalue weighted by Crippen LogP contribution is -2.38. The van der Waals surface area contributed by atoms with Crippen LogP contribution in [0.1, 0.15) is 54.4 Å². The van der Waals surface area contributed by atoms with Crippen LogP contribution < -0.4 is 0 Å². The van der Waals surface area contributed by atoms with E-state index >= 15 is 0 Å². The maximum Gasteiger partial charge on any atom is 0.0542 e. The molecular formula is C16H34O3. The van der Waals surface area contributed by atoms with E-state index in [0.717, 1.165) is 39.6 Å². The molecule has 0 aromatic heterocycles. The van der Waals surface area contributed by atoms with Gasteiger partial charge in [0.15, 0.2) is 0 Å². The molecule has 0 N–H and O–H groups in total. The van der Waals surface area contributed by atoms with Crippen molar-refractivity contribution < 1.29 is 14.2 Å². The zero-order chi connectivity index (χ0) is 14.8. The van der Waals surface area contributed by atoms with Crippen molar-refractivity contribution in [2.45, 2.75) is 54.4 Å². The second-order valence-corrected chi connectivity index (χ2v) is 6.10. The van der Waals surface area contributed by atoms with Crippen LogP contribution in [0.4, 0.5) is 0 Å². The molecule has 0 unspecified atom stereocenters. The molecule has 0 bridgehead atoms. The lowest BCUT2D eigenvalue weighted by molar-refractivity contribution is -0.103. The first kappa shape index (κ1) is 18.9. The fourth-order valence-corrected chi connectivity index (χ4v) is 1.51. The van der Waals surface area contributed by atoms with Gasteiger partial charge >= 0.3 is 0 Å². The molecule has 2 rings (SSSR count). The summed E-state index contributed by atoms with van der Waals surface area (Å²) in [4.78, 5) is 0. The molecule has 116 valence electrons. The van der Waals surface area contributed by atoms with E-state index in [-0.39, 0.29) is 0 Å². The van der Waals surface area contributed by atoms with Gasteiger partial charge in [0.05, 0.1) is 26.4 Å². The number of hydrogen-bond acceptors (Lipinski definition) is 3. The second kappa shape index (κ2) is 9.73. The minimum Gasteiger partial charge on any atom is -0.382 e. The minimum absolute atomic E-state index is 0.542. The van der Waals surface area contributed by atoms with Crippen molar-refractivity contribution >= 4 is 0 Å². The molecule has 2 aliphatic rings. The molecule has 3 heteroatoms. The Kier molecular flexibility index (Phi) is 9.67. The first-order valence-electron chi connectivity index (χ1n) is 7.68. The molecule has 0 spiro atoms. The molecule has 0 radical (unpaired) electrons. The normalized spacial score (nSPS) is 21.8. The van der Waals surface area contributed by atoms with E-state index in [9.17, 15) is 0 Å². The van der Waals surface area contributed by atoms with Crippen LogP contribution in [0.5, 0.6) is 0 Å². The van der Waals surface area contributed by atoms with Crippen molar-refractivity contribution in [2.24, 2.45) is 10.8 Å². The highest BCUT2D eigenvalue weighted by molar-refractivity contribution is 4.78. The van der Waals surface area contributed by atoms with Gasteiger partial charge in [0, 0.05) is 24.0 Å². The van der Waals surface area contributed by atoms with Gasteiger partial charge in [-0.2, -0.15) is 0 Å². The van der Waals surface area contributed by atoms with Crippen LogP contribution in [0.15, 0.2) is 0 Å². The highest BCUT2D eigenvalue weighted by atomic mass is 16.5. The Labute approximate surface area is 120 Å². The third kappa shape index (κ3) is 7.91. The fraction of sp³-hybridized carbons (Fsp3) is 1.00. The summed E-state index contributed by atoms with van der Waals surface area (Å²) in [5, 5.41) is 0. The van der Waals surface area contributed by atoms with Crippen molar-refractivity contribution in [2.75, 3.05) is 39.6 Å². The van der Waals surface area contributed by atoms with Crippen molar-refractivity contribution in [3.8, 4) is 0 Å². The highest BCUT2D eigenvalue weighted by Crippen LogP contribution is 2.29. The van der Waals surface area contributed by atoms with E-state index in [0.29, 0.717) is 10.8 Å². The van der Waals surface area contributed by atoms with Gasteiger partial charge in [-0.05, 0) is 26.7 Å². The van der Waals surface area contributed by atoms with Crippen LogP contribution in [0.3, 0.4) is 0 Å². The van der Waals surface area contributed by atoms with Gasteiger partial charge in [0.1, 0.15) is 0 Å². The predicted molar refractivity (Wildman–Crippen MR) is 80.6 cm³/mol. The maximum atomic E-state index is 5.03. The Morgan fingerprint density at radius 2 is 1.05 bits per heavy atom. The van der Waals surface area contributed by atoms with E-state index in [2.05, 4.69) is 27.7 Å². The summed E-state index contributed by atoms with van der Waals surface area (Å²) < 4.78 is 14.9. The lowest BCUT2D eigenvalue weighted by Gasteiger charge is -2.36. The largest absolute Gasteiger partial charge is 0.382 e. The maximum absolute atomic E-state index is 5.03. The monoisotopic (exact) mass is 274 g/mol. The van der Waals surface area contributed by atoms with E-state index in [1.807, 2.05) is 13.8 Å². The predicted octanol–water partition coefficient (Wildman–Crippen LogP) is 3.91. The summed E-state index contributed by atoms with van der Waals surface area (Å²) in [6.45, 7) is 18.5. The molecule has 0 atom stereocenters. The molecular weight excluding hydrogens is 240 g/mol. The fourth-order valence-electron chi connectivity index (χ4n) is 1.51. The molecule has 2 saturated heterocycles. The Hall–Kier alpha value is -0.120. The van der Waals surface area contributed by atoms with E-state index in [1.165, 1.54) is 12.8 Å². The zero-order valence-electron chi connectivity index (χ0n) is 13.9. The SMILES string of the molecule is CCC1(C)COC1.CCC1(C)COC1.CCOCC. The standard InChI is InChI=1S/2C6H12O.C4H10O/c2*1-3-6(2)4-7-5-6;1-3-5-4-2/h2*3-5H2,1-2H3;3-4H2,1-2H3. The Morgan fingerprint density at radius 1 is 0.737 bits per heavy atom. The molecule has 0 saturated carbocycles. The van der Waals surface area contributed by atoms with Crippen LogP contribution in [0.2, 0.25) is 0 Å². The van der Waals surface area contributed by atoms with Gasteiger partial charge in [0.2, 0.25) is 0 Å². The van der Waals surface area contributed by atoms with Crippen LogP contribution in [-0.4, -0.2) is 39.6 Å². The average Bonchev–Trinajstić information content (AvgIpc) is 2.35. The molecule has 3 nitrogen and oxygen atoms in total. The van der Waals surface area contributed by atoms with Gasteiger partial charge in [-0.3, -0.25) is 0 Å². The third-order valence-electron chi connectivity index (χ3n) is 3.92. The molecule has 0 amide bonds. The van der Waals surface area contributed by atoms with Crippen LogP contribution >= 0.6 is 0 Å². The van der Waals surface area contributed by atoms with Crippen molar-refractivity contribution in [1.82, 2.24) is 0 Å². The number of hydrogen-bond donors (Lipinski definition) is 0. The molecule has 2 fully saturated rings. The Balaban J connectivity index is 0.000000261. The molecule has 0 aromatic carbocycles. The van der Waals surface area contributed by atoms with E-state index < -0.39 is 0 Å². The van der Waals surface area contributed by atoms with Gasteiger partial charge in [-0.1, -0.05) is 27.7 Å². The summed E-state index contributed by atoms with van der Waals surface area (Å²) >= 11 is 0. The highest BCUT2D eigenvalue weighted by Gasteiger charge is 2.31. The molecule has 2 aliphatic heterocycles. The van der Waals surface area contributed by atoms with E-state index in [4.69, 9.17) is 14.2 Å². The van der Waals surface area contributed by atoms with Gasteiger partial charge in [0.25, 0.3) is 0 Å². The molecule has 0 aromatic rings. The lowest BCUT2D eigenvalue weighted by atomic mass is 9.86. The second-order valence-electron chi connectivity index (χ2n) is 6.10. The third-order valence-corrected chi connectivity index (χ3v) is 3.92. The Morgan fingerprint density at radius 3 is 1.05 bits per heavy atom. The van der Waals surface area contributed by atoms with Crippen molar-refractivity contribution in [3.63, 3.8) is 0 Å². The van der Waals surface area contributed by atoms with Gasteiger partial charge in [-0.15, -0.1) is 0 Å². The molecule has 0 aliphatic carbocycles. The topological polar surface area (TPSA) is 27.7 Å². The molecule has 19 heavy (non-hydrogen) atoms. The summed E-state index contributed by atoms with van der Waals surface area (Å²) in [7, 11) is 0. The Bertz CT molecular complexity index is 175. The number of ether oxygens (including phenoxy) is 3. The average molecular weight is 274 g/mol. The van der Waals surface area contributed by atoms with Crippen molar-refractivity contribution in [1.29, 1.82) is 0 Å². The summed E-state index contributed by atoms with van der Waals surface area (Å²) in [6.07, 6.45) is 2.51. The summed E-state index contributed by atoms with van der Waals surface area (Å²) in [6, 6.07) is 0. The quantitative estimate of drug-likeness (QED) is 0.778. The first-order valence-corrected chi connectivity index (χ1v) is 7.68. The van der Waals surface area contributed by atoms with Crippen LogP contribution in [0, 0.1) is 10.8 Å². The first-order chi connectivity index (χ1) is 8.95. The zero-order valence-corrected chi connectivity index (χ0v) is 13.9. The van der Waals surface area contributed by atoms with Gasteiger partial charge < -0.3 is 14.2 Å². The van der Waals surface area contributed by atoms with E-state index in [1.54, 1.807) is 0 Å². The molecule has 2 heterocycles. The summed E-state index contributed by atoms with van der Waals surface area (Å²) in [5.74, 6) is 0. The smallest absolute Gasteiger partial charge is 0.0542 e. The van der Waals surface area contributed by atoms with Gasteiger partial charge in [-0.25, -0.2) is 0 Å². The van der Waals surface area contributed by atoms with Crippen LogP contribution in [0.25, 0.3) is 0 Å². The van der Waals surface area contributed by atoms with Crippen molar-refractivity contribution in [3.05, 3.63) is 0 Å². The minimum atomic E-state index is 0.542. The number of rotatable bonds is 4.